The second-order valence-corrected chi connectivity index (χ2v) is 10.9. The lowest BCUT2D eigenvalue weighted by atomic mass is 10.1. The number of thiazole rings is 1. The third kappa shape index (κ3) is 8.03. The van der Waals surface area contributed by atoms with Crippen LogP contribution >= 0.6 is 11.3 Å². The van der Waals surface area contributed by atoms with Gasteiger partial charge in [0.2, 0.25) is 0 Å². The number of carbonyl (C=O) groups is 1. The lowest BCUT2D eigenvalue weighted by Crippen LogP contribution is -2.19. The lowest BCUT2D eigenvalue weighted by molar-refractivity contribution is 0.262. The van der Waals surface area contributed by atoms with Crippen LogP contribution in [0.5, 0.6) is 5.75 Å². The zero-order valence-electron chi connectivity index (χ0n) is 23.3. The zero-order chi connectivity index (χ0) is 28.4. The summed E-state index contributed by atoms with van der Waals surface area (Å²) in [6.45, 7) is 2.45. The van der Waals surface area contributed by atoms with Gasteiger partial charge in [0.05, 0.1) is 12.3 Å². The molecular weight excluding hydrogens is 532 g/mol. The van der Waals surface area contributed by atoms with Crippen LogP contribution in [0, 0.1) is 0 Å². The number of ether oxygens (including phenoxy) is 1. The number of hydrogen-bond donors (Lipinski definition) is 3. The summed E-state index contributed by atoms with van der Waals surface area (Å²) in [6.07, 6.45) is 3.63. The van der Waals surface area contributed by atoms with Crippen molar-refractivity contribution in [1.29, 1.82) is 0 Å². The van der Waals surface area contributed by atoms with Crippen molar-refractivity contribution in [2.75, 3.05) is 49.7 Å². The summed E-state index contributed by atoms with van der Waals surface area (Å²) >= 11 is 1.58. The van der Waals surface area contributed by atoms with E-state index in [0.717, 1.165) is 69.7 Å². The first-order chi connectivity index (χ1) is 20.0. The summed E-state index contributed by atoms with van der Waals surface area (Å²) in [7, 11) is 4.13. The molecule has 5 rings (SSSR count). The van der Waals surface area contributed by atoms with Gasteiger partial charge in [-0.3, -0.25) is 0 Å². The third-order valence-electron chi connectivity index (χ3n) is 6.39. The molecule has 210 valence electrons. The Bertz CT molecular complexity index is 1550. The van der Waals surface area contributed by atoms with Crippen LogP contribution in [-0.4, -0.2) is 54.7 Å². The molecule has 8 nitrogen and oxygen atoms in total. The minimum Gasteiger partial charge on any atom is -0.494 e. The van der Waals surface area contributed by atoms with E-state index in [4.69, 9.17) is 9.72 Å². The number of fused-ring (bicyclic) bond motifs is 1. The highest BCUT2D eigenvalue weighted by molar-refractivity contribution is 7.21. The van der Waals surface area contributed by atoms with Gasteiger partial charge in [-0.2, -0.15) is 0 Å². The number of hydrogen-bond acceptors (Lipinski definition) is 7. The minimum atomic E-state index is -0.269. The van der Waals surface area contributed by atoms with Crippen LogP contribution in [-0.2, 0) is 6.42 Å². The maximum Gasteiger partial charge on any atom is 0.323 e. The molecule has 2 heterocycles. The molecule has 2 amide bonds. The Morgan fingerprint density at radius 3 is 2.37 bits per heavy atom. The van der Waals surface area contributed by atoms with Crippen molar-refractivity contribution in [3.05, 3.63) is 96.7 Å². The van der Waals surface area contributed by atoms with Crippen LogP contribution in [0.15, 0.2) is 91.1 Å². The summed E-state index contributed by atoms with van der Waals surface area (Å²) < 4.78 is 5.86. The second kappa shape index (κ2) is 13.7. The van der Waals surface area contributed by atoms with E-state index >= 15 is 0 Å². The monoisotopic (exact) mass is 566 g/mol. The van der Waals surface area contributed by atoms with E-state index in [0.29, 0.717) is 6.61 Å². The number of pyridine rings is 1. The van der Waals surface area contributed by atoms with Crippen molar-refractivity contribution in [2.45, 2.75) is 12.8 Å². The van der Waals surface area contributed by atoms with Crippen molar-refractivity contribution in [1.82, 2.24) is 14.9 Å². The van der Waals surface area contributed by atoms with Crippen LogP contribution in [0.3, 0.4) is 0 Å². The second-order valence-electron chi connectivity index (χ2n) is 9.88. The fourth-order valence-corrected chi connectivity index (χ4v) is 5.22. The first-order valence-corrected chi connectivity index (χ1v) is 14.4. The number of amides is 2. The minimum absolute atomic E-state index is 0.269. The van der Waals surface area contributed by atoms with Gasteiger partial charge in [-0.15, -0.1) is 0 Å². The van der Waals surface area contributed by atoms with Crippen molar-refractivity contribution in [2.24, 2.45) is 0 Å². The van der Waals surface area contributed by atoms with E-state index in [1.165, 1.54) is 5.56 Å². The molecule has 0 aliphatic rings. The molecule has 3 N–H and O–H groups in total. The normalized spacial score (nSPS) is 11.0. The molecule has 0 saturated carbocycles. The number of para-hydroxylation sites is 1. The van der Waals surface area contributed by atoms with Crippen molar-refractivity contribution in [3.63, 3.8) is 0 Å². The average Bonchev–Trinajstić information content (AvgIpc) is 3.42. The Hall–Kier alpha value is -4.47. The molecule has 3 aromatic carbocycles. The fourth-order valence-electron chi connectivity index (χ4n) is 4.28. The molecule has 0 fully saturated rings. The smallest absolute Gasteiger partial charge is 0.323 e. The average molecular weight is 567 g/mol. The summed E-state index contributed by atoms with van der Waals surface area (Å²) in [6, 6.07) is 27.1. The maximum atomic E-state index is 12.2. The van der Waals surface area contributed by atoms with Crippen molar-refractivity contribution >= 4 is 44.8 Å². The van der Waals surface area contributed by atoms with Gasteiger partial charge in [-0.1, -0.05) is 41.7 Å². The Labute approximate surface area is 244 Å². The highest BCUT2D eigenvalue weighted by Crippen LogP contribution is 2.33. The van der Waals surface area contributed by atoms with Crippen LogP contribution in [0.25, 0.3) is 20.9 Å². The molecule has 0 aliphatic heterocycles. The van der Waals surface area contributed by atoms with Crippen LogP contribution in [0.4, 0.5) is 21.9 Å². The van der Waals surface area contributed by atoms with Crippen LogP contribution in [0.1, 0.15) is 12.0 Å². The highest BCUT2D eigenvalue weighted by atomic mass is 32.1. The fraction of sp³-hybridized carbons (Fsp3) is 0.219. The molecule has 0 unspecified atom stereocenters. The van der Waals surface area contributed by atoms with E-state index in [1.54, 1.807) is 11.3 Å². The maximum absolute atomic E-state index is 12.2. The molecule has 0 aliphatic carbocycles. The first-order valence-electron chi connectivity index (χ1n) is 13.6. The number of carbonyl (C=O) groups excluding carboxylic acids is 1. The molecule has 9 heteroatoms. The number of aromatic nitrogens is 2. The van der Waals surface area contributed by atoms with Gasteiger partial charge in [0, 0.05) is 36.2 Å². The van der Waals surface area contributed by atoms with Crippen molar-refractivity contribution < 1.29 is 9.53 Å². The Balaban J connectivity index is 1.14. The quantitative estimate of drug-likeness (QED) is 0.141. The molecule has 0 bridgehead atoms. The van der Waals surface area contributed by atoms with Gasteiger partial charge in [0.15, 0.2) is 0 Å². The molecule has 2 aromatic heterocycles. The molecule has 5 aromatic rings. The molecule has 0 atom stereocenters. The molecule has 0 saturated heterocycles. The van der Waals surface area contributed by atoms with Crippen LogP contribution in [0.2, 0.25) is 0 Å². The van der Waals surface area contributed by atoms with Gasteiger partial charge in [-0.25, -0.2) is 14.8 Å². The standard InChI is InChI=1S/C32H34N6O2S/c1-38(2)21-6-22-40-27-15-11-24(12-16-27)30-37-29-28(18-20-34-31(29)41-30)33-19-17-23-9-13-26(14-10-23)36-32(39)35-25-7-4-3-5-8-25/h3-5,7-16,18,20H,6,17,19,21-22H2,1-2H3,(H,33,34)(H2,35,36,39). The Kier molecular flexibility index (Phi) is 9.41. The van der Waals surface area contributed by atoms with Gasteiger partial charge >= 0.3 is 6.03 Å². The highest BCUT2D eigenvalue weighted by Gasteiger charge is 2.11. The number of nitrogens with one attached hydrogen (secondary N) is 3. The lowest BCUT2D eigenvalue weighted by Gasteiger charge is -2.10. The summed E-state index contributed by atoms with van der Waals surface area (Å²) in [5, 5.41) is 10.1. The van der Waals surface area contributed by atoms with Gasteiger partial charge in [-0.05, 0) is 87.1 Å². The van der Waals surface area contributed by atoms with E-state index < -0.39 is 0 Å². The molecule has 41 heavy (non-hydrogen) atoms. The van der Waals surface area contributed by atoms with Gasteiger partial charge < -0.3 is 25.6 Å². The zero-order valence-corrected chi connectivity index (χ0v) is 24.1. The van der Waals surface area contributed by atoms with Gasteiger partial charge in [0.1, 0.15) is 21.1 Å². The van der Waals surface area contributed by atoms with Crippen LogP contribution < -0.4 is 20.7 Å². The summed E-state index contributed by atoms with van der Waals surface area (Å²) in [5.41, 5.74) is 5.55. The van der Waals surface area contributed by atoms with E-state index in [9.17, 15) is 4.79 Å². The Morgan fingerprint density at radius 1 is 0.902 bits per heavy atom. The number of rotatable bonds is 12. The van der Waals surface area contributed by atoms with E-state index in [1.807, 2.05) is 79.0 Å². The number of nitrogens with zero attached hydrogens (tertiary/aromatic N) is 3. The molecule has 0 spiro atoms. The number of urea groups is 1. The summed E-state index contributed by atoms with van der Waals surface area (Å²) in [5.74, 6) is 0.869. The first kappa shape index (κ1) is 28.1. The molecular formula is C32H34N6O2S. The Morgan fingerprint density at radius 2 is 1.63 bits per heavy atom. The predicted molar refractivity (Wildman–Crippen MR) is 169 cm³/mol. The van der Waals surface area contributed by atoms with Crippen molar-refractivity contribution in [3.8, 4) is 16.3 Å². The number of benzene rings is 3. The molecule has 0 radical (unpaired) electrons. The van der Waals surface area contributed by atoms with E-state index in [-0.39, 0.29) is 6.03 Å². The largest absolute Gasteiger partial charge is 0.494 e. The van der Waals surface area contributed by atoms with E-state index in [2.05, 4.69) is 52.1 Å². The number of anilines is 3. The predicted octanol–water partition coefficient (Wildman–Crippen LogP) is 6.99. The summed E-state index contributed by atoms with van der Waals surface area (Å²) in [4.78, 5) is 24.7. The SMILES string of the molecule is CN(C)CCCOc1ccc(-c2nc3c(NCCc4ccc(NC(=O)Nc5ccccc5)cc4)ccnc3s2)cc1. The third-order valence-corrected chi connectivity index (χ3v) is 7.40. The topological polar surface area (TPSA) is 91.4 Å². The van der Waals surface area contributed by atoms with Gasteiger partial charge in [0.25, 0.3) is 0 Å².